The van der Waals surface area contributed by atoms with Crippen LogP contribution in [0.5, 0.6) is 11.5 Å². The summed E-state index contributed by atoms with van der Waals surface area (Å²) < 4.78 is 10.7. The van der Waals surface area contributed by atoms with Gasteiger partial charge in [-0.25, -0.2) is 0 Å². The van der Waals surface area contributed by atoms with Crippen molar-refractivity contribution in [3.05, 3.63) is 23.3 Å². The first-order valence-electron chi connectivity index (χ1n) is 5.39. The molecule has 0 fully saturated rings. The van der Waals surface area contributed by atoms with Gasteiger partial charge in [0.1, 0.15) is 0 Å². The number of hydrogen-bond donors (Lipinski definition) is 1. The average molecular weight is 239 g/mol. The second kappa shape index (κ2) is 4.97. The van der Waals surface area contributed by atoms with E-state index in [0.717, 1.165) is 30.3 Å². The fraction of sp³-hybridized carbons (Fsp3) is 0.500. The standard InChI is InChI=1S/C12H17NO2S/c1-9-5-11-12(15-8-14-11)6-10(9)7-13(2)3-4-16/h5-6,16H,3-4,7-8H2,1-2H3. The Morgan fingerprint density at radius 2 is 2.00 bits per heavy atom. The highest BCUT2D eigenvalue weighted by molar-refractivity contribution is 7.80. The van der Waals surface area contributed by atoms with Crippen molar-refractivity contribution < 1.29 is 9.47 Å². The molecule has 0 saturated heterocycles. The second-order valence-corrected chi connectivity index (χ2v) is 4.54. The van der Waals surface area contributed by atoms with Gasteiger partial charge in [-0.3, -0.25) is 0 Å². The molecule has 0 spiro atoms. The molecule has 16 heavy (non-hydrogen) atoms. The lowest BCUT2D eigenvalue weighted by atomic mass is 10.1. The predicted molar refractivity (Wildman–Crippen MR) is 67.5 cm³/mol. The van der Waals surface area contributed by atoms with Crippen LogP contribution in [-0.2, 0) is 6.54 Å². The zero-order valence-electron chi connectivity index (χ0n) is 9.69. The smallest absolute Gasteiger partial charge is 0.231 e. The second-order valence-electron chi connectivity index (χ2n) is 4.09. The van der Waals surface area contributed by atoms with E-state index in [4.69, 9.17) is 9.47 Å². The van der Waals surface area contributed by atoms with E-state index in [9.17, 15) is 0 Å². The molecule has 0 aliphatic carbocycles. The van der Waals surface area contributed by atoms with Crippen molar-refractivity contribution in [2.75, 3.05) is 26.1 Å². The van der Waals surface area contributed by atoms with Gasteiger partial charge in [0.25, 0.3) is 0 Å². The molecule has 0 N–H and O–H groups in total. The minimum absolute atomic E-state index is 0.338. The van der Waals surface area contributed by atoms with Crippen molar-refractivity contribution in [1.82, 2.24) is 4.90 Å². The van der Waals surface area contributed by atoms with Gasteiger partial charge in [0.15, 0.2) is 11.5 Å². The maximum atomic E-state index is 5.38. The third-order valence-electron chi connectivity index (χ3n) is 2.75. The molecule has 88 valence electrons. The van der Waals surface area contributed by atoms with Crippen molar-refractivity contribution >= 4 is 12.6 Å². The Morgan fingerprint density at radius 3 is 2.69 bits per heavy atom. The number of benzene rings is 1. The van der Waals surface area contributed by atoms with Crippen LogP contribution in [0.3, 0.4) is 0 Å². The molecule has 1 aliphatic heterocycles. The highest BCUT2D eigenvalue weighted by Gasteiger charge is 2.15. The molecular weight excluding hydrogens is 222 g/mol. The molecule has 4 heteroatoms. The molecule has 1 aromatic rings. The van der Waals surface area contributed by atoms with E-state index in [2.05, 4.69) is 37.6 Å². The van der Waals surface area contributed by atoms with Crippen LogP contribution in [0.1, 0.15) is 11.1 Å². The Bertz CT molecular complexity index is 382. The van der Waals surface area contributed by atoms with Crippen LogP contribution in [0.25, 0.3) is 0 Å². The largest absolute Gasteiger partial charge is 0.454 e. The van der Waals surface area contributed by atoms with Crippen molar-refractivity contribution in [2.45, 2.75) is 13.5 Å². The van der Waals surface area contributed by atoms with Crippen LogP contribution >= 0.6 is 12.6 Å². The van der Waals surface area contributed by atoms with Gasteiger partial charge in [0.2, 0.25) is 6.79 Å². The van der Waals surface area contributed by atoms with Crippen LogP contribution < -0.4 is 9.47 Å². The Balaban J connectivity index is 2.15. The average Bonchev–Trinajstić information content (AvgIpc) is 2.65. The summed E-state index contributed by atoms with van der Waals surface area (Å²) in [6.07, 6.45) is 0. The predicted octanol–water partition coefficient (Wildman–Crippen LogP) is 2.09. The van der Waals surface area contributed by atoms with Crippen molar-refractivity contribution in [1.29, 1.82) is 0 Å². The molecule has 1 aromatic carbocycles. The van der Waals surface area contributed by atoms with Crippen LogP contribution in [0, 0.1) is 6.92 Å². The molecule has 0 saturated carbocycles. The quantitative estimate of drug-likeness (QED) is 0.813. The van der Waals surface area contributed by atoms with E-state index >= 15 is 0 Å². The van der Waals surface area contributed by atoms with E-state index in [1.165, 1.54) is 11.1 Å². The number of aryl methyl sites for hydroxylation is 1. The van der Waals surface area contributed by atoms with Gasteiger partial charge < -0.3 is 14.4 Å². The van der Waals surface area contributed by atoms with Gasteiger partial charge in [-0.05, 0) is 37.2 Å². The van der Waals surface area contributed by atoms with Gasteiger partial charge in [-0.1, -0.05) is 0 Å². The molecular formula is C12H17NO2S. The first-order valence-corrected chi connectivity index (χ1v) is 6.02. The van der Waals surface area contributed by atoms with E-state index < -0.39 is 0 Å². The van der Waals surface area contributed by atoms with Gasteiger partial charge in [0.05, 0.1) is 0 Å². The maximum Gasteiger partial charge on any atom is 0.231 e. The van der Waals surface area contributed by atoms with Crippen LogP contribution in [0.2, 0.25) is 0 Å². The molecule has 0 radical (unpaired) electrons. The third-order valence-corrected chi connectivity index (χ3v) is 2.95. The van der Waals surface area contributed by atoms with E-state index in [1.54, 1.807) is 0 Å². The summed E-state index contributed by atoms with van der Waals surface area (Å²) in [5, 5.41) is 0. The zero-order valence-corrected chi connectivity index (χ0v) is 10.6. The molecule has 1 aliphatic rings. The molecule has 0 unspecified atom stereocenters. The zero-order chi connectivity index (χ0) is 11.5. The van der Waals surface area contributed by atoms with Gasteiger partial charge >= 0.3 is 0 Å². The van der Waals surface area contributed by atoms with Crippen LogP contribution in [0.4, 0.5) is 0 Å². The summed E-state index contributed by atoms with van der Waals surface area (Å²) >= 11 is 4.23. The summed E-state index contributed by atoms with van der Waals surface area (Å²) in [7, 11) is 2.10. The number of fused-ring (bicyclic) bond motifs is 1. The monoisotopic (exact) mass is 239 g/mol. The Hall–Kier alpha value is -0.870. The molecule has 0 aromatic heterocycles. The Morgan fingerprint density at radius 1 is 1.31 bits per heavy atom. The first kappa shape index (κ1) is 11.6. The lowest BCUT2D eigenvalue weighted by Crippen LogP contribution is -2.20. The van der Waals surface area contributed by atoms with Crippen molar-refractivity contribution in [3.8, 4) is 11.5 Å². The molecule has 2 rings (SSSR count). The molecule has 0 atom stereocenters. The van der Waals surface area contributed by atoms with Crippen LogP contribution in [0.15, 0.2) is 12.1 Å². The topological polar surface area (TPSA) is 21.7 Å². The molecule has 0 amide bonds. The number of ether oxygens (including phenoxy) is 2. The first-order chi connectivity index (χ1) is 7.70. The van der Waals surface area contributed by atoms with Crippen molar-refractivity contribution in [3.63, 3.8) is 0 Å². The number of hydrogen-bond acceptors (Lipinski definition) is 4. The minimum Gasteiger partial charge on any atom is -0.454 e. The molecule has 0 bridgehead atoms. The molecule has 1 heterocycles. The lowest BCUT2D eigenvalue weighted by Gasteiger charge is -2.17. The van der Waals surface area contributed by atoms with E-state index in [-0.39, 0.29) is 0 Å². The number of rotatable bonds is 4. The third kappa shape index (κ3) is 2.44. The highest BCUT2D eigenvalue weighted by atomic mass is 32.1. The fourth-order valence-corrected chi connectivity index (χ4v) is 2.14. The summed E-state index contributed by atoms with van der Waals surface area (Å²) in [5.74, 6) is 2.60. The lowest BCUT2D eigenvalue weighted by molar-refractivity contribution is 0.174. The van der Waals surface area contributed by atoms with Gasteiger partial charge in [-0.2, -0.15) is 12.6 Å². The molecule has 3 nitrogen and oxygen atoms in total. The van der Waals surface area contributed by atoms with E-state index in [1.807, 2.05) is 6.07 Å². The Labute approximate surface area is 102 Å². The Kier molecular flexibility index (Phi) is 3.61. The normalized spacial score (nSPS) is 13.5. The van der Waals surface area contributed by atoms with Gasteiger partial charge in [-0.15, -0.1) is 0 Å². The SMILES string of the molecule is Cc1cc2c(cc1CN(C)CCS)OCO2. The summed E-state index contributed by atoms with van der Waals surface area (Å²) in [6.45, 7) is 4.34. The van der Waals surface area contributed by atoms with Crippen molar-refractivity contribution in [2.24, 2.45) is 0 Å². The number of thiol groups is 1. The van der Waals surface area contributed by atoms with Gasteiger partial charge in [0, 0.05) is 18.8 Å². The summed E-state index contributed by atoms with van der Waals surface area (Å²) in [4.78, 5) is 2.25. The fourth-order valence-electron chi connectivity index (χ4n) is 1.80. The van der Waals surface area contributed by atoms with Crippen LogP contribution in [-0.4, -0.2) is 31.0 Å². The minimum atomic E-state index is 0.338. The number of nitrogens with zero attached hydrogens (tertiary/aromatic N) is 1. The maximum absolute atomic E-state index is 5.38. The highest BCUT2D eigenvalue weighted by Crippen LogP contribution is 2.34. The van der Waals surface area contributed by atoms with E-state index in [0.29, 0.717) is 6.79 Å². The summed E-state index contributed by atoms with van der Waals surface area (Å²) in [5.41, 5.74) is 2.53. The summed E-state index contributed by atoms with van der Waals surface area (Å²) in [6, 6.07) is 4.12.